The Hall–Kier alpha value is -2.62. The van der Waals surface area contributed by atoms with Crippen molar-refractivity contribution in [3.63, 3.8) is 0 Å². The molecule has 2 aromatic carbocycles. The standard InChI is InChI=1S/C21H22ClN3O5S/c22-15-7-5-14(6-8-15)12-23-20(26)13-25-18-10-9-17(11-19(18)30-21(25)27)31(28,29)24-16-3-1-2-4-16/h5-11,16,24H,1-4,12-13H2,(H,23,26). The predicted octanol–water partition coefficient (Wildman–Crippen LogP) is 2.79. The van der Waals surface area contributed by atoms with E-state index in [4.69, 9.17) is 16.0 Å². The van der Waals surface area contributed by atoms with Crippen LogP contribution in [0.25, 0.3) is 11.1 Å². The number of hydrogen-bond acceptors (Lipinski definition) is 5. The van der Waals surface area contributed by atoms with Gasteiger partial charge in [0.05, 0.1) is 10.4 Å². The molecule has 1 aliphatic rings. The van der Waals surface area contributed by atoms with Crippen molar-refractivity contribution in [2.24, 2.45) is 0 Å². The molecular formula is C21H22ClN3O5S. The molecule has 1 saturated carbocycles. The molecule has 4 rings (SSSR count). The second kappa shape index (κ2) is 8.86. The summed E-state index contributed by atoms with van der Waals surface area (Å²) in [6.07, 6.45) is 3.64. The van der Waals surface area contributed by atoms with Gasteiger partial charge >= 0.3 is 5.76 Å². The Labute approximate surface area is 184 Å². The van der Waals surface area contributed by atoms with Crippen molar-refractivity contribution in [3.8, 4) is 0 Å². The summed E-state index contributed by atoms with van der Waals surface area (Å²) < 4.78 is 34.3. The van der Waals surface area contributed by atoms with Crippen LogP contribution in [0, 0.1) is 0 Å². The molecule has 1 amide bonds. The van der Waals surface area contributed by atoms with Gasteiger partial charge in [0, 0.05) is 23.7 Å². The summed E-state index contributed by atoms with van der Waals surface area (Å²) in [6.45, 7) is 0.0433. The number of carbonyl (C=O) groups is 1. The van der Waals surface area contributed by atoms with Gasteiger partial charge in [-0.05, 0) is 42.7 Å². The van der Waals surface area contributed by atoms with Gasteiger partial charge in [0.2, 0.25) is 15.9 Å². The van der Waals surface area contributed by atoms with Crippen LogP contribution in [0.4, 0.5) is 0 Å². The minimum atomic E-state index is -3.71. The highest BCUT2D eigenvalue weighted by atomic mass is 35.5. The summed E-state index contributed by atoms with van der Waals surface area (Å²) in [7, 11) is -3.71. The average molecular weight is 464 g/mol. The van der Waals surface area contributed by atoms with E-state index in [1.165, 1.54) is 22.8 Å². The van der Waals surface area contributed by atoms with E-state index >= 15 is 0 Å². The number of oxazole rings is 1. The van der Waals surface area contributed by atoms with E-state index in [9.17, 15) is 18.0 Å². The lowest BCUT2D eigenvalue weighted by Crippen LogP contribution is -2.32. The molecule has 0 atom stereocenters. The molecule has 1 fully saturated rings. The van der Waals surface area contributed by atoms with Gasteiger partial charge in [0.25, 0.3) is 0 Å². The third-order valence-corrected chi connectivity index (χ3v) is 7.10. The first-order valence-electron chi connectivity index (χ1n) is 9.99. The first-order valence-corrected chi connectivity index (χ1v) is 11.8. The van der Waals surface area contributed by atoms with E-state index in [-0.39, 0.29) is 35.5 Å². The number of hydrogen-bond donors (Lipinski definition) is 2. The highest BCUT2D eigenvalue weighted by Gasteiger charge is 2.24. The summed E-state index contributed by atoms with van der Waals surface area (Å²) >= 11 is 5.85. The Morgan fingerprint density at radius 1 is 1.13 bits per heavy atom. The fraction of sp³-hybridized carbons (Fsp3) is 0.333. The van der Waals surface area contributed by atoms with Crippen LogP contribution < -0.4 is 15.8 Å². The van der Waals surface area contributed by atoms with Gasteiger partial charge in [0.15, 0.2) is 5.58 Å². The minimum absolute atomic E-state index is 0.0278. The smallest absolute Gasteiger partial charge is 0.408 e. The Kier molecular flexibility index (Phi) is 6.17. The SMILES string of the molecule is O=C(Cn1c(=O)oc2cc(S(=O)(=O)NC3CCCC3)ccc21)NCc1ccc(Cl)cc1. The van der Waals surface area contributed by atoms with E-state index in [1.54, 1.807) is 24.3 Å². The van der Waals surface area contributed by atoms with Gasteiger partial charge in [-0.2, -0.15) is 0 Å². The highest BCUT2D eigenvalue weighted by Crippen LogP contribution is 2.22. The van der Waals surface area contributed by atoms with Gasteiger partial charge in [-0.1, -0.05) is 36.6 Å². The van der Waals surface area contributed by atoms with Crippen LogP contribution in [-0.2, 0) is 27.9 Å². The number of aromatic nitrogens is 1. The molecule has 1 aromatic heterocycles. The number of nitrogens with one attached hydrogen (secondary N) is 2. The summed E-state index contributed by atoms with van der Waals surface area (Å²) in [5, 5.41) is 3.34. The lowest BCUT2D eigenvalue weighted by atomic mass is 10.2. The van der Waals surface area contributed by atoms with E-state index in [1.807, 2.05) is 0 Å². The van der Waals surface area contributed by atoms with Crippen LogP contribution in [0.3, 0.4) is 0 Å². The van der Waals surface area contributed by atoms with E-state index in [0.717, 1.165) is 31.2 Å². The number of carbonyl (C=O) groups excluding carboxylic acids is 1. The van der Waals surface area contributed by atoms with Gasteiger partial charge in [-0.15, -0.1) is 0 Å². The minimum Gasteiger partial charge on any atom is -0.408 e. The maximum Gasteiger partial charge on any atom is 0.420 e. The Morgan fingerprint density at radius 2 is 1.84 bits per heavy atom. The molecule has 164 valence electrons. The van der Waals surface area contributed by atoms with Crippen molar-refractivity contribution in [1.82, 2.24) is 14.6 Å². The highest BCUT2D eigenvalue weighted by molar-refractivity contribution is 7.89. The predicted molar refractivity (Wildman–Crippen MR) is 116 cm³/mol. The van der Waals surface area contributed by atoms with Crippen LogP contribution >= 0.6 is 11.6 Å². The molecule has 1 heterocycles. The van der Waals surface area contributed by atoms with E-state index in [2.05, 4.69) is 10.0 Å². The lowest BCUT2D eigenvalue weighted by Gasteiger charge is -2.12. The molecular weight excluding hydrogens is 442 g/mol. The number of benzene rings is 2. The molecule has 0 radical (unpaired) electrons. The lowest BCUT2D eigenvalue weighted by molar-refractivity contribution is -0.121. The number of nitrogens with zero attached hydrogens (tertiary/aromatic N) is 1. The van der Waals surface area contributed by atoms with Crippen molar-refractivity contribution in [3.05, 3.63) is 63.6 Å². The molecule has 10 heteroatoms. The molecule has 1 aliphatic carbocycles. The van der Waals surface area contributed by atoms with E-state index < -0.39 is 15.8 Å². The maximum absolute atomic E-state index is 12.6. The van der Waals surface area contributed by atoms with Crippen LogP contribution in [0.1, 0.15) is 31.2 Å². The molecule has 2 N–H and O–H groups in total. The van der Waals surface area contributed by atoms with Crippen molar-refractivity contribution < 1.29 is 17.6 Å². The van der Waals surface area contributed by atoms with Crippen molar-refractivity contribution in [2.75, 3.05) is 0 Å². The fourth-order valence-corrected chi connectivity index (χ4v) is 5.14. The molecule has 0 aliphatic heterocycles. The molecule has 0 spiro atoms. The van der Waals surface area contributed by atoms with Crippen LogP contribution in [0.2, 0.25) is 5.02 Å². The second-order valence-electron chi connectivity index (χ2n) is 7.59. The zero-order chi connectivity index (χ0) is 22.0. The number of fused-ring (bicyclic) bond motifs is 1. The summed E-state index contributed by atoms with van der Waals surface area (Å²) in [5.74, 6) is -1.10. The summed E-state index contributed by atoms with van der Waals surface area (Å²) in [6, 6.07) is 11.2. The van der Waals surface area contributed by atoms with Gasteiger partial charge in [0.1, 0.15) is 6.54 Å². The molecule has 0 bridgehead atoms. The second-order valence-corrected chi connectivity index (χ2v) is 9.74. The first-order chi connectivity index (χ1) is 14.8. The van der Waals surface area contributed by atoms with Gasteiger partial charge in [-0.25, -0.2) is 17.9 Å². The quantitative estimate of drug-likeness (QED) is 0.559. The average Bonchev–Trinajstić information content (AvgIpc) is 3.34. The van der Waals surface area contributed by atoms with Crippen molar-refractivity contribution in [2.45, 2.75) is 49.7 Å². The normalized spacial score (nSPS) is 14.9. The van der Waals surface area contributed by atoms with Crippen molar-refractivity contribution in [1.29, 1.82) is 0 Å². The molecule has 0 saturated heterocycles. The van der Waals surface area contributed by atoms with Crippen molar-refractivity contribution >= 4 is 38.6 Å². The zero-order valence-electron chi connectivity index (χ0n) is 16.6. The molecule has 31 heavy (non-hydrogen) atoms. The Balaban J connectivity index is 1.48. The first kappa shape index (κ1) is 21.6. The van der Waals surface area contributed by atoms with E-state index in [0.29, 0.717) is 10.5 Å². The maximum atomic E-state index is 12.6. The molecule has 8 nitrogen and oxygen atoms in total. The number of amides is 1. The van der Waals surface area contributed by atoms with Gasteiger partial charge in [-0.3, -0.25) is 9.36 Å². The Morgan fingerprint density at radius 3 is 2.55 bits per heavy atom. The Bertz CT molecular complexity index is 1260. The topological polar surface area (TPSA) is 110 Å². The third kappa shape index (κ3) is 5.00. The number of sulfonamides is 1. The fourth-order valence-electron chi connectivity index (χ4n) is 3.70. The molecule has 3 aromatic rings. The summed E-state index contributed by atoms with van der Waals surface area (Å²) in [5.41, 5.74) is 1.34. The largest absolute Gasteiger partial charge is 0.420 e. The van der Waals surface area contributed by atoms with Crippen LogP contribution in [-0.4, -0.2) is 24.9 Å². The summed E-state index contributed by atoms with van der Waals surface area (Å²) in [4.78, 5) is 24.6. The number of rotatable bonds is 7. The third-order valence-electron chi connectivity index (χ3n) is 5.33. The van der Waals surface area contributed by atoms with Gasteiger partial charge < -0.3 is 9.73 Å². The van der Waals surface area contributed by atoms with Crippen LogP contribution in [0.5, 0.6) is 0 Å². The molecule has 0 unspecified atom stereocenters. The number of halogens is 1. The zero-order valence-corrected chi connectivity index (χ0v) is 18.2. The van der Waals surface area contributed by atoms with Crippen LogP contribution in [0.15, 0.2) is 56.6 Å². The monoisotopic (exact) mass is 463 g/mol.